The fourth-order valence-corrected chi connectivity index (χ4v) is 2.15. The summed E-state index contributed by atoms with van der Waals surface area (Å²) in [6.07, 6.45) is 0.484. The van der Waals surface area contributed by atoms with Crippen LogP contribution >= 0.6 is 11.6 Å². The van der Waals surface area contributed by atoms with Gasteiger partial charge in [-0.05, 0) is 29.8 Å². The summed E-state index contributed by atoms with van der Waals surface area (Å²) < 4.78 is 0. The fraction of sp³-hybridized carbons (Fsp3) is 0.188. The molecular formula is C16H16ClN3. The first-order valence-corrected chi connectivity index (χ1v) is 6.79. The van der Waals surface area contributed by atoms with Gasteiger partial charge in [-0.2, -0.15) is 5.26 Å². The normalized spacial score (nSPS) is 10.0. The van der Waals surface area contributed by atoms with Crippen LogP contribution in [0.25, 0.3) is 0 Å². The number of nitrogen functional groups attached to an aromatic ring is 1. The molecule has 0 heterocycles. The van der Waals surface area contributed by atoms with Crippen molar-refractivity contribution in [2.24, 2.45) is 0 Å². The molecule has 0 spiro atoms. The summed E-state index contributed by atoms with van der Waals surface area (Å²) in [5.74, 6) is 0. The Hall–Kier alpha value is -2.18. The lowest BCUT2D eigenvalue weighted by molar-refractivity contribution is 0.798. The Kier molecular flexibility index (Phi) is 4.86. The van der Waals surface area contributed by atoms with Gasteiger partial charge in [0.2, 0.25) is 0 Å². The van der Waals surface area contributed by atoms with Crippen LogP contribution in [0.4, 0.5) is 11.4 Å². The number of hydrogen-bond donors (Lipinski definition) is 1. The average molecular weight is 286 g/mol. The molecule has 0 radical (unpaired) electrons. The van der Waals surface area contributed by atoms with E-state index in [1.165, 1.54) is 0 Å². The molecule has 2 N–H and O–H groups in total. The summed E-state index contributed by atoms with van der Waals surface area (Å²) in [5, 5.41) is 9.36. The third-order valence-corrected chi connectivity index (χ3v) is 3.39. The summed E-state index contributed by atoms with van der Waals surface area (Å²) in [6.45, 7) is 1.39. The van der Waals surface area contributed by atoms with Crippen molar-refractivity contribution in [3.8, 4) is 6.07 Å². The van der Waals surface area contributed by atoms with Crippen LogP contribution in [0, 0.1) is 11.3 Å². The largest absolute Gasteiger partial charge is 0.398 e. The Labute approximate surface area is 124 Å². The van der Waals surface area contributed by atoms with E-state index >= 15 is 0 Å². The summed E-state index contributed by atoms with van der Waals surface area (Å²) in [4.78, 5) is 2.16. The van der Waals surface area contributed by atoms with Gasteiger partial charge in [0.25, 0.3) is 0 Å². The predicted octanol–water partition coefficient (Wildman–Crippen LogP) is 3.84. The molecule has 4 heteroatoms. The zero-order valence-corrected chi connectivity index (χ0v) is 11.8. The average Bonchev–Trinajstić information content (AvgIpc) is 2.48. The molecule has 0 unspecified atom stereocenters. The summed E-state index contributed by atoms with van der Waals surface area (Å²) in [6, 6.07) is 17.9. The van der Waals surface area contributed by atoms with Crippen molar-refractivity contribution >= 4 is 23.0 Å². The van der Waals surface area contributed by atoms with Crippen molar-refractivity contribution in [2.45, 2.75) is 13.0 Å². The van der Waals surface area contributed by atoms with Crippen LogP contribution in [-0.2, 0) is 6.54 Å². The molecule has 0 aliphatic rings. The molecule has 20 heavy (non-hydrogen) atoms. The van der Waals surface area contributed by atoms with Gasteiger partial charge in [-0.25, -0.2) is 0 Å². The standard InChI is InChI=1S/C16H16ClN3/c17-15-8-7-13(11-16(15)19)12-20(10-4-9-18)14-5-2-1-3-6-14/h1-3,5-8,11H,4,10,12,19H2. The van der Waals surface area contributed by atoms with Crippen LogP contribution in [0.3, 0.4) is 0 Å². The van der Waals surface area contributed by atoms with Crippen molar-refractivity contribution < 1.29 is 0 Å². The Balaban J connectivity index is 2.19. The molecule has 102 valence electrons. The van der Waals surface area contributed by atoms with Gasteiger partial charge >= 0.3 is 0 Å². The molecule has 2 aromatic rings. The van der Waals surface area contributed by atoms with Crippen molar-refractivity contribution in [3.63, 3.8) is 0 Å². The van der Waals surface area contributed by atoms with Crippen LogP contribution in [0.2, 0.25) is 5.02 Å². The molecule has 0 atom stereocenters. The van der Waals surface area contributed by atoms with E-state index in [9.17, 15) is 0 Å². The summed E-state index contributed by atoms with van der Waals surface area (Å²) in [5.41, 5.74) is 8.58. The lowest BCUT2D eigenvalue weighted by Crippen LogP contribution is -2.23. The number of nitrogens with two attached hydrogens (primary N) is 1. The molecule has 0 bridgehead atoms. The van der Waals surface area contributed by atoms with E-state index in [1.54, 1.807) is 6.07 Å². The van der Waals surface area contributed by atoms with Crippen LogP contribution < -0.4 is 10.6 Å². The van der Waals surface area contributed by atoms with Crippen molar-refractivity contribution in [3.05, 3.63) is 59.1 Å². The second-order valence-electron chi connectivity index (χ2n) is 4.52. The number of nitriles is 1. The number of nitrogens with zero attached hydrogens (tertiary/aromatic N) is 2. The fourth-order valence-electron chi connectivity index (χ4n) is 2.04. The first kappa shape index (κ1) is 14.2. The monoisotopic (exact) mass is 285 g/mol. The highest BCUT2D eigenvalue weighted by Crippen LogP contribution is 2.22. The van der Waals surface area contributed by atoms with Crippen LogP contribution in [0.5, 0.6) is 0 Å². The van der Waals surface area contributed by atoms with E-state index in [2.05, 4.69) is 11.0 Å². The molecule has 0 amide bonds. The lowest BCUT2D eigenvalue weighted by Gasteiger charge is -2.24. The third-order valence-electron chi connectivity index (χ3n) is 3.05. The number of halogens is 1. The maximum Gasteiger partial charge on any atom is 0.0640 e. The maximum atomic E-state index is 8.79. The number of rotatable bonds is 5. The first-order chi connectivity index (χ1) is 9.70. The molecule has 0 saturated carbocycles. The Morgan fingerprint density at radius 2 is 1.90 bits per heavy atom. The third kappa shape index (κ3) is 3.66. The zero-order chi connectivity index (χ0) is 14.4. The minimum Gasteiger partial charge on any atom is -0.398 e. The Bertz CT molecular complexity index is 605. The van der Waals surface area contributed by atoms with E-state index in [4.69, 9.17) is 22.6 Å². The second kappa shape index (κ2) is 6.83. The lowest BCUT2D eigenvalue weighted by atomic mass is 10.1. The second-order valence-corrected chi connectivity index (χ2v) is 4.93. The van der Waals surface area contributed by atoms with Crippen molar-refractivity contribution in [1.82, 2.24) is 0 Å². The molecule has 0 saturated heterocycles. The highest BCUT2D eigenvalue weighted by atomic mass is 35.5. The first-order valence-electron chi connectivity index (χ1n) is 6.41. The quantitative estimate of drug-likeness (QED) is 0.849. The van der Waals surface area contributed by atoms with Crippen LogP contribution in [0.15, 0.2) is 48.5 Å². The molecular weight excluding hydrogens is 270 g/mol. The highest BCUT2D eigenvalue weighted by molar-refractivity contribution is 6.33. The molecule has 3 nitrogen and oxygen atoms in total. The van der Waals surface area contributed by atoms with Crippen LogP contribution in [-0.4, -0.2) is 6.54 Å². The Morgan fingerprint density at radius 1 is 1.15 bits per heavy atom. The topological polar surface area (TPSA) is 53.0 Å². The van der Waals surface area contributed by atoms with E-state index in [0.29, 0.717) is 30.2 Å². The van der Waals surface area contributed by atoms with Gasteiger partial charge in [-0.15, -0.1) is 0 Å². The van der Waals surface area contributed by atoms with Gasteiger partial charge in [-0.1, -0.05) is 35.9 Å². The van der Waals surface area contributed by atoms with Gasteiger partial charge in [-0.3, -0.25) is 0 Å². The van der Waals surface area contributed by atoms with E-state index < -0.39 is 0 Å². The molecule has 2 aromatic carbocycles. The van der Waals surface area contributed by atoms with Gasteiger partial charge in [0, 0.05) is 18.8 Å². The molecule has 0 fully saturated rings. The van der Waals surface area contributed by atoms with Crippen molar-refractivity contribution in [2.75, 3.05) is 17.2 Å². The number of hydrogen-bond acceptors (Lipinski definition) is 3. The minimum absolute atomic E-state index is 0.484. The molecule has 0 aromatic heterocycles. The molecule has 2 rings (SSSR count). The molecule has 0 aliphatic carbocycles. The van der Waals surface area contributed by atoms with Gasteiger partial charge in [0.05, 0.1) is 23.2 Å². The smallest absolute Gasteiger partial charge is 0.0640 e. The number of para-hydroxylation sites is 1. The zero-order valence-electron chi connectivity index (χ0n) is 11.1. The highest BCUT2D eigenvalue weighted by Gasteiger charge is 2.08. The minimum atomic E-state index is 0.484. The van der Waals surface area contributed by atoms with Gasteiger partial charge in [0.1, 0.15) is 0 Å². The Morgan fingerprint density at radius 3 is 2.55 bits per heavy atom. The van der Waals surface area contributed by atoms with Gasteiger partial charge in [0.15, 0.2) is 0 Å². The van der Waals surface area contributed by atoms with E-state index in [0.717, 1.165) is 11.3 Å². The predicted molar refractivity (Wildman–Crippen MR) is 83.6 cm³/mol. The molecule has 0 aliphatic heterocycles. The van der Waals surface area contributed by atoms with E-state index in [1.807, 2.05) is 42.5 Å². The van der Waals surface area contributed by atoms with Crippen LogP contribution in [0.1, 0.15) is 12.0 Å². The van der Waals surface area contributed by atoms with Crippen molar-refractivity contribution in [1.29, 1.82) is 5.26 Å². The maximum absolute atomic E-state index is 8.79. The summed E-state index contributed by atoms with van der Waals surface area (Å²) in [7, 11) is 0. The van der Waals surface area contributed by atoms with Gasteiger partial charge < -0.3 is 10.6 Å². The summed E-state index contributed by atoms with van der Waals surface area (Å²) >= 11 is 5.94. The number of anilines is 2. The SMILES string of the molecule is N#CCCN(Cc1ccc(Cl)c(N)c1)c1ccccc1. The van der Waals surface area contributed by atoms with E-state index in [-0.39, 0.29) is 0 Å². The number of benzene rings is 2.